The molecule has 4 nitrogen and oxygen atoms in total. The lowest BCUT2D eigenvalue weighted by molar-refractivity contribution is 0.214. The molecule has 0 saturated carbocycles. The van der Waals surface area contributed by atoms with Gasteiger partial charge in [0.05, 0.1) is 0 Å². The Kier molecular flexibility index (Phi) is 9.04. The van der Waals surface area contributed by atoms with Crippen LogP contribution in [0.2, 0.25) is 0 Å². The Morgan fingerprint density at radius 1 is 0.440 bits per heavy atom. The standard InChI is InChI=1S/C21H42N4/c1-2-11-22(10-1)16-7-19-25(20-8-17-23-12-3-4-13-23)21-9-18-24-14-5-6-15-24/h1-21H2. The average molecular weight is 351 g/mol. The maximum atomic E-state index is 2.78. The Morgan fingerprint density at radius 2 is 0.720 bits per heavy atom. The summed E-state index contributed by atoms with van der Waals surface area (Å²) in [6, 6.07) is 0. The molecular weight excluding hydrogens is 308 g/mol. The summed E-state index contributed by atoms with van der Waals surface area (Å²) >= 11 is 0. The van der Waals surface area contributed by atoms with Crippen molar-refractivity contribution in [1.82, 2.24) is 19.6 Å². The lowest BCUT2D eigenvalue weighted by atomic mass is 10.2. The predicted molar refractivity (Wildman–Crippen MR) is 107 cm³/mol. The van der Waals surface area contributed by atoms with Crippen LogP contribution in [0.5, 0.6) is 0 Å². The van der Waals surface area contributed by atoms with Crippen molar-refractivity contribution >= 4 is 0 Å². The summed E-state index contributed by atoms with van der Waals surface area (Å²) in [4.78, 5) is 10.8. The molecule has 0 radical (unpaired) electrons. The minimum absolute atomic E-state index is 1.32. The molecule has 25 heavy (non-hydrogen) atoms. The highest BCUT2D eigenvalue weighted by Crippen LogP contribution is 2.11. The van der Waals surface area contributed by atoms with Gasteiger partial charge in [-0.3, -0.25) is 0 Å². The molecule has 3 heterocycles. The second-order valence-corrected chi connectivity index (χ2v) is 8.55. The van der Waals surface area contributed by atoms with Gasteiger partial charge in [-0.05, 0) is 136 Å². The number of likely N-dealkylation sites (tertiary alicyclic amines) is 3. The number of nitrogens with zero attached hydrogens (tertiary/aromatic N) is 4. The smallest absolute Gasteiger partial charge is 0.000653 e. The zero-order chi connectivity index (χ0) is 17.2. The summed E-state index contributed by atoms with van der Waals surface area (Å²) in [5.41, 5.74) is 0. The SMILES string of the molecule is C1CCN(CCCN(CCCN2CCCC2)CCCN2CCCC2)C1. The van der Waals surface area contributed by atoms with Crippen molar-refractivity contribution in [3.8, 4) is 0 Å². The van der Waals surface area contributed by atoms with Gasteiger partial charge < -0.3 is 19.6 Å². The molecule has 0 amide bonds. The lowest BCUT2D eigenvalue weighted by Crippen LogP contribution is -2.34. The topological polar surface area (TPSA) is 13.0 Å². The normalized spacial score (nSPS) is 23.4. The van der Waals surface area contributed by atoms with Crippen molar-refractivity contribution in [2.75, 3.05) is 78.5 Å². The van der Waals surface area contributed by atoms with Crippen LogP contribution in [0.15, 0.2) is 0 Å². The molecule has 3 fully saturated rings. The van der Waals surface area contributed by atoms with Crippen LogP contribution in [-0.2, 0) is 0 Å². The van der Waals surface area contributed by atoms with Gasteiger partial charge in [0.2, 0.25) is 0 Å². The van der Waals surface area contributed by atoms with Gasteiger partial charge in [0.1, 0.15) is 0 Å². The van der Waals surface area contributed by atoms with Crippen molar-refractivity contribution in [3.63, 3.8) is 0 Å². The molecule has 0 N–H and O–H groups in total. The summed E-state index contributed by atoms with van der Waals surface area (Å²) in [5.74, 6) is 0. The first-order valence-corrected chi connectivity index (χ1v) is 11.3. The fourth-order valence-corrected chi connectivity index (χ4v) is 4.91. The molecule has 0 aromatic heterocycles. The van der Waals surface area contributed by atoms with E-state index < -0.39 is 0 Å². The first-order valence-electron chi connectivity index (χ1n) is 11.3. The van der Waals surface area contributed by atoms with E-state index in [1.54, 1.807) is 0 Å². The molecule has 0 unspecified atom stereocenters. The molecular formula is C21H42N4. The number of rotatable bonds is 12. The fourth-order valence-electron chi connectivity index (χ4n) is 4.91. The van der Waals surface area contributed by atoms with Gasteiger partial charge in [-0.1, -0.05) is 0 Å². The minimum Gasteiger partial charge on any atom is -0.303 e. The van der Waals surface area contributed by atoms with E-state index in [1.807, 2.05) is 0 Å². The summed E-state index contributed by atoms with van der Waals surface area (Å²) < 4.78 is 0. The maximum absolute atomic E-state index is 2.78. The second kappa shape index (κ2) is 11.5. The van der Waals surface area contributed by atoms with E-state index in [-0.39, 0.29) is 0 Å². The van der Waals surface area contributed by atoms with Gasteiger partial charge in [-0.25, -0.2) is 0 Å². The second-order valence-electron chi connectivity index (χ2n) is 8.55. The molecule has 3 rings (SSSR count). The third-order valence-corrected chi connectivity index (χ3v) is 6.44. The first-order chi connectivity index (χ1) is 12.4. The van der Waals surface area contributed by atoms with E-state index >= 15 is 0 Å². The van der Waals surface area contributed by atoms with Crippen LogP contribution in [0.3, 0.4) is 0 Å². The highest BCUT2D eigenvalue weighted by atomic mass is 15.2. The van der Waals surface area contributed by atoms with Crippen molar-refractivity contribution in [2.45, 2.75) is 57.8 Å². The van der Waals surface area contributed by atoms with E-state index in [9.17, 15) is 0 Å². The monoisotopic (exact) mass is 350 g/mol. The Hall–Kier alpha value is -0.160. The van der Waals surface area contributed by atoms with Crippen LogP contribution in [0, 0.1) is 0 Å². The molecule has 0 aliphatic carbocycles. The van der Waals surface area contributed by atoms with Crippen molar-refractivity contribution < 1.29 is 0 Å². The third-order valence-electron chi connectivity index (χ3n) is 6.44. The molecule has 0 aromatic rings. The molecule has 3 saturated heterocycles. The third kappa shape index (κ3) is 7.54. The zero-order valence-electron chi connectivity index (χ0n) is 16.6. The Balaban J connectivity index is 1.31. The minimum atomic E-state index is 1.32. The largest absolute Gasteiger partial charge is 0.303 e. The van der Waals surface area contributed by atoms with Gasteiger partial charge >= 0.3 is 0 Å². The molecule has 0 atom stereocenters. The molecule has 4 heteroatoms. The van der Waals surface area contributed by atoms with Gasteiger partial charge in [0.15, 0.2) is 0 Å². The zero-order valence-corrected chi connectivity index (χ0v) is 16.6. The molecule has 0 aromatic carbocycles. The molecule has 146 valence electrons. The molecule has 3 aliphatic rings. The van der Waals surface area contributed by atoms with Crippen molar-refractivity contribution in [3.05, 3.63) is 0 Å². The summed E-state index contributed by atoms with van der Waals surface area (Å²) in [6.07, 6.45) is 12.7. The van der Waals surface area contributed by atoms with Gasteiger partial charge in [0, 0.05) is 0 Å². The Labute approximate surface area is 156 Å². The Bertz CT molecular complexity index is 278. The summed E-state index contributed by atoms with van der Waals surface area (Å²) in [7, 11) is 0. The van der Waals surface area contributed by atoms with Gasteiger partial charge in [-0.2, -0.15) is 0 Å². The van der Waals surface area contributed by atoms with Gasteiger partial charge in [-0.15, -0.1) is 0 Å². The molecule has 3 aliphatic heterocycles. The highest BCUT2D eigenvalue weighted by Gasteiger charge is 2.15. The molecule has 0 spiro atoms. The van der Waals surface area contributed by atoms with Crippen LogP contribution in [0.4, 0.5) is 0 Å². The van der Waals surface area contributed by atoms with Crippen LogP contribution < -0.4 is 0 Å². The van der Waals surface area contributed by atoms with Crippen LogP contribution >= 0.6 is 0 Å². The van der Waals surface area contributed by atoms with E-state index in [2.05, 4.69) is 19.6 Å². The lowest BCUT2D eigenvalue weighted by Gasteiger charge is -2.26. The van der Waals surface area contributed by atoms with Gasteiger partial charge in [0.25, 0.3) is 0 Å². The fraction of sp³-hybridized carbons (Fsp3) is 1.00. The summed E-state index contributed by atoms with van der Waals surface area (Å²) in [5, 5.41) is 0. The maximum Gasteiger partial charge on any atom is -0.000653 e. The van der Waals surface area contributed by atoms with Crippen molar-refractivity contribution in [2.24, 2.45) is 0 Å². The van der Waals surface area contributed by atoms with E-state index in [1.165, 1.54) is 136 Å². The van der Waals surface area contributed by atoms with Crippen LogP contribution in [0.1, 0.15) is 57.8 Å². The average Bonchev–Trinajstić information content (AvgIpc) is 3.38. The van der Waals surface area contributed by atoms with Crippen molar-refractivity contribution in [1.29, 1.82) is 0 Å². The highest BCUT2D eigenvalue weighted by molar-refractivity contribution is 4.71. The first kappa shape index (κ1) is 19.6. The predicted octanol–water partition coefficient (Wildman–Crippen LogP) is 2.75. The number of hydrogen-bond donors (Lipinski definition) is 0. The number of hydrogen-bond acceptors (Lipinski definition) is 4. The quantitative estimate of drug-likeness (QED) is 0.536. The van der Waals surface area contributed by atoms with E-state index in [0.29, 0.717) is 0 Å². The Morgan fingerprint density at radius 3 is 1.00 bits per heavy atom. The van der Waals surface area contributed by atoms with E-state index in [4.69, 9.17) is 0 Å². The van der Waals surface area contributed by atoms with Crippen LogP contribution in [-0.4, -0.2) is 98.1 Å². The summed E-state index contributed by atoms with van der Waals surface area (Å²) in [6.45, 7) is 16.0. The van der Waals surface area contributed by atoms with E-state index in [0.717, 1.165) is 0 Å². The van der Waals surface area contributed by atoms with Crippen LogP contribution in [0.25, 0.3) is 0 Å². The molecule has 0 bridgehead atoms.